The van der Waals surface area contributed by atoms with E-state index in [-0.39, 0.29) is 11.9 Å². The van der Waals surface area contributed by atoms with E-state index in [1.54, 1.807) is 23.7 Å². The maximum atomic E-state index is 11.6. The summed E-state index contributed by atoms with van der Waals surface area (Å²) in [5.74, 6) is 1.56. The first-order valence-electron chi connectivity index (χ1n) is 4.59. The molecule has 0 spiro atoms. The number of likely N-dealkylation sites (N-methyl/N-ethyl adjacent to an activating group) is 1. The third kappa shape index (κ3) is 2.62. The van der Waals surface area contributed by atoms with Gasteiger partial charge in [-0.3, -0.25) is 4.79 Å². The SMILES string of the molecule is C/C=C\C=C1/CSC[C@H](N)C(=O)N1C. The van der Waals surface area contributed by atoms with Gasteiger partial charge in [-0.25, -0.2) is 0 Å². The lowest BCUT2D eigenvalue weighted by Crippen LogP contribution is -2.41. The van der Waals surface area contributed by atoms with Gasteiger partial charge in [0.2, 0.25) is 5.91 Å². The second-order valence-corrected chi connectivity index (χ2v) is 4.23. The van der Waals surface area contributed by atoms with Crippen LogP contribution in [0.1, 0.15) is 6.92 Å². The Hall–Kier alpha value is -0.740. The van der Waals surface area contributed by atoms with Gasteiger partial charge in [-0.15, -0.1) is 0 Å². The monoisotopic (exact) mass is 212 g/mol. The largest absolute Gasteiger partial charge is 0.319 e. The number of hydrogen-bond acceptors (Lipinski definition) is 3. The number of carbonyl (C=O) groups excluding carboxylic acids is 1. The highest BCUT2D eigenvalue weighted by Crippen LogP contribution is 2.18. The highest BCUT2D eigenvalue weighted by Gasteiger charge is 2.23. The van der Waals surface area contributed by atoms with Crippen LogP contribution in [0.5, 0.6) is 0 Å². The van der Waals surface area contributed by atoms with Gasteiger partial charge in [0.05, 0.1) is 6.04 Å². The molecule has 0 aromatic heterocycles. The maximum Gasteiger partial charge on any atom is 0.244 e. The van der Waals surface area contributed by atoms with Crippen LogP contribution in [-0.4, -0.2) is 35.4 Å². The van der Waals surface area contributed by atoms with Crippen LogP contribution in [0.3, 0.4) is 0 Å². The summed E-state index contributed by atoms with van der Waals surface area (Å²) in [5.41, 5.74) is 6.72. The Kier molecular flexibility index (Phi) is 4.22. The fraction of sp³-hybridized carbons (Fsp3) is 0.500. The van der Waals surface area contributed by atoms with Crippen molar-refractivity contribution in [3.05, 3.63) is 23.9 Å². The smallest absolute Gasteiger partial charge is 0.244 e. The molecule has 1 rings (SSSR count). The molecule has 0 radical (unpaired) electrons. The summed E-state index contributed by atoms with van der Waals surface area (Å²) in [7, 11) is 1.78. The molecular formula is C10H16N2OS. The Morgan fingerprint density at radius 1 is 1.64 bits per heavy atom. The summed E-state index contributed by atoms with van der Waals surface area (Å²) >= 11 is 1.70. The zero-order valence-corrected chi connectivity index (χ0v) is 9.38. The van der Waals surface area contributed by atoms with Crippen LogP contribution < -0.4 is 5.73 Å². The number of amides is 1. The lowest BCUT2D eigenvalue weighted by atomic mass is 10.3. The van der Waals surface area contributed by atoms with Crippen molar-refractivity contribution in [3.8, 4) is 0 Å². The quantitative estimate of drug-likeness (QED) is 0.705. The Morgan fingerprint density at radius 2 is 2.36 bits per heavy atom. The highest BCUT2D eigenvalue weighted by atomic mass is 32.2. The molecule has 0 aliphatic carbocycles. The first-order chi connectivity index (χ1) is 6.66. The molecule has 4 heteroatoms. The van der Waals surface area contributed by atoms with E-state index in [1.165, 1.54) is 0 Å². The normalized spacial score (nSPS) is 27.4. The van der Waals surface area contributed by atoms with Gasteiger partial charge < -0.3 is 10.6 Å². The number of allylic oxidation sites excluding steroid dienone is 3. The molecule has 2 N–H and O–H groups in total. The van der Waals surface area contributed by atoms with Crippen molar-refractivity contribution in [3.63, 3.8) is 0 Å². The van der Waals surface area contributed by atoms with Crippen molar-refractivity contribution in [2.24, 2.45) is 5.73 Å². The molecule has 1 amide bonds. The molecule has 1 aliphatic heterocycles. The fourth-order valence-corrected chi connectivity index (χ4v) is 2.23. The van der Waals surface area contributed by atoms with Gasteiger partial charge in [0, 0.05) is 24.3 Å². The van der Waals surface area contributed by atoms with Crippen LogP contribution >= 0.6 is 11.8 Å². The van der Waals surface area contributed by atoms with E-state index in [0.717, 1.165) is 11.4 Å². The molecule has 0 unspecified atom stereocenters. The van der Waals surface area contributed by atoms with Gasteiger partial charge in [-0.05, 0) is 13.0 Å². The second-order valence-electron chi connectivity index (χ2n) is 3.20. The maximum absolute atomic E-state index is 11.6. The van der Waals surface area contributed by atoms with E-state index in [1.807, 2.05) is 25.2 Å². The van der Waals surface area contributed by atoms with E-state index in [4.69, 9.17) is 5.73 Å². The molecule has 1 fully saturated rings. The predicted molar refractivity (Wildman–Crippen MR) is 61.0 cm³/mol. The van der Waals surface area contributed by atoms with E-state index < -0.39 is 0 Å². The zero-order chi connectivity index (χ0) is 10.6. The Labute approximate surface area is 89.0 Å². The number of nitrogens with zero attached hydrogens (tertiary/aromatic N) is 1. The van der Waals surface area contributed by atoms with Crippen molar-refractivity contribution < 1.29 is 4.79 Å². The molecular weight excluding hydrogens is 196 g/mol. The summed E-state index contributed by atoms with van der Waals surface area (Å²) in [6.45, 7) is 1.95. The molecule has 14 heavy (non-hydrogen) atoms. The molecule has 0 saturated carbocycles. The third-order valence-electron chi connectivity index (χ3n) is 2.11. The van der Waals surface area contributed by atoms with Crippen molar-refractivity contribution in [2.75, 3.05) is 18.6 Å². The van der Waals surface area contributed by atoms with E-state index >= 15 is 0 Å². The van der Waals surface area contributed by atoms with Crippen LogP contribution in [0.2, 0.25) is 0 Å². The molecule has 1 atom stereocenters. The molecule has 1 saturated heterocycles. The lowest BCUT2D eigenvalue weighted by molar-refractivity contribution is -0.128. The molecule has 3 nitrogen and oxygen atoms in total. The minimum absolute atomic E-state index is 0.00533. The zero-order valence-electron chi connectivity index (χ0n) is 8.56. The summed E-state index contributed by atoms with van der Waals surface area (Å²) in [6.07, 6.45) is 5.85. The third-order valence-corrected chi connectivity index (χ3v) is 3.20. The van der Waals surface area contributed by atoms with Crippen LogP contribution in [0.15, 0.2) is 23.9 Å². The van der Waals surface area contributed by atoms with Crippen molar-refractivity contribution in [2.45, 2.75) is 13.0 Å². The number of carbonyl (C=O) groups is 1. The first kappa shape index (κ1) is 11.3. The van der Waals surface area contributed by atoms with Crippen LogP contribution in [-0.2, 0) is 4.79 Å². The molecule has 1 heterocycles. The Balaban J connectivity index is 2.82. The van der Waals surface area contributed by atoms with Gasteiger partial charge in [0.25, 0.3) is 0 Å². The number of nitrogens with two attached hydrogens (primary N) is 1. The Morgan fingerprint density at radius 3 is 3.00 bits per heavy atom. The second kappa shape index (κ2) is 5.22. The molecule has 0 aromatic rings. The average molecular weight is 212 g/mol. The number of thioether (sulfide) groups is 1. The van der Waals surface area contributed by atoms with Crippen LogP contribution in [0, 0.1) is 0 Å². The standard InChI is InChI=1S/C10H16N2OS/c1-3-4-5-8-6-14-7-9(11)10(13)12(8)2/h3-5,9H,6-7,11H2,1-2H3/b4-3-,8-5+/t9-/m0/s1. The topological polar surface area (TPSA) is 46.3 Å². The summed E-state index contributed by atoms with van der Waals surface area (Å²) in [4.78, 5) is 13.3. The fourth-order valence-electron chi connectivity index (χ4n) is 1.22. The number of rotatable bonds is 1. The predicted octanol–water partition coefficient (Wildman–Crippen LogP) is 0.979. The molecule has 0 bridgehead atoms. The molecule has 0 aromatic carbocycles. The molecule has 78 valence electrons. The minimum atomic E-state index is -0.360. The van der Waals surface area contributed by atoms with Gasteiger partial charge in [0.1, 0.15) is 0 Å². The van der Waals surface area contributed by atoms with E-state index in [9.17, 15) is 4.79 Å². The summed E-state index contributed by atoms with van der Waals surface area (Å²) < 4.78 is 0. The number of hydrogen-bond donors (Lipinski definition) is 1. The lowest BCUT2D eigenvalue weighted by Gasteiger charge is -2.18. The van der Waals surface area contributed by atoms with Gasteiger partial charge in [-0.1, -0.05) is 12.2 Å². The van der Waals surface area contributed by atoms with Crippen molar-refractivity contribution in [1.29, 1.82) is 0 Å². The van der Waals surface area contributed by atoms with Crippen LogP contribution in [0.25, 0.3) is 0 Å². The summed E-state index contributed by atoms with van der Waals surface area (Å²) in [6, 6.07) is -0.360. The van der Waals surface area contributed by atoms with E-state index in [2.05, 4.69) is 0 Å². The van der Waals surface area contributed by atoms with Crippen molar-refractivity contribution >= 4 is 17.7 Å². The minimum Gasteiger partial charge on any atom is -0.319 e. The van der Waals surface area contributed by atoms with Gasteiger partial charge in [-0.2, -0.15) is 11.8 Å². The first-order valence-corrected chi connectivity index (χ1v) is 5.75. The summed E-state index contributed by atoms with van der Waals surface area (Å²) in [5, 5.41) is 0. The van der Waals surface area contributed by atoms with Crippen molar-refractivity contribution in [1.82, 2.24) is 4.90 Å². The van der Waals surface area contributed by atoms with E-state index in [0.29, 0.717) is 5.75 Å². The van der Waals surface area contributed by atoms with Crippen LogP contribution in [0.4, 0.5) is 0 Å². The molecule has 1 aliphatic rings. The van der Waals surface area contributed by atoms with Gasteiger partial charge >= 0.3 is 0 Å². The van der Waals surface area contributed by atoms with Gasteiger partial charge in [0.15, 0.2) is 0 Å². The Bertz CT molecular complexity index is 273. The average Bonchev–Trinajstić information content (AvgIpc) is 2.30. The highest BCUT2D eigenvalue weighted by molar-refractivity contribution is 7.99.